The van der Waals surface area contributed by atoms with Gasteiger partial charge in [0.15, 0.2) is 15.6 Å². The third-order valence-electron chi connectivity index (χ3n) is 2.93. The topological polar surface area (TPSA) is 82.0 Å². The Hall–Kier alpha value is -2.06. The van der Waals surface area contributed by atoms with Crippen molar-refractivity contribution in [3.63, 3.8) is 0 Å². The van der Waals surface area contributed by atoms with Crippen molar-refractivity contribution in [2.75, 3.05) is 6.26 Å². The summed E-state index contributed by atoms with van der Waals surface area (Å²) < 4.78 is 29.7. The zero-order chi connectivity index (χ0) is 15.7. The maximum Gasteiger partial charge on any atom is 0.230 e. The van der Waals surface area contributed by atoms with Crippen molar-refractivity contribution in [3.8, 4) is 11.6 Å². The molecule has 0 aliphatic carbocycles. The molecule has 0 spiro atoms. The van der Waals surface area contributed by atoms with E-state index in [1.54, 1.807) is 24.4 Å². The summed E-state index contributed by atoms with van der Waals surface area (Å²) in [6, 6.07) is 8.09. The second-order valence-corrected chi connectivity index (χ2v) is 7.29. The van der Waals surface area contributed by atoms with Gasteiger partial charge in [0.1, 0.15) is 10.9 Å². The molecule has 22 heavy (non-hydrogen) atoms. The molecule has 0 saturated heterocycles. The van der Waals surface area contributed by atoms with Crippen molar-refractivity contribution in [1.29, 1.82) is 0 Å². The Labute approximate surface area is 135 Å². The standard InChI is InChI=1S/C14H10BrN3O3S/c1-22(19,20)9-4-5-11-10(7-9)14(18-8-17-11)21-12-3-2-6-16-13(12)15/h2-8H,1H3. The van der Waals surface area contributed by atoms with E-state index >= 15 is 0 Å². The Kier molecular flexibility index (Phi) is 3.79. The van der Waals surface area contributed by atoms with E-state index in [0.717, 1.165) is 6.26 Å². The Bertz CT molecular complexity index is 960. The highest BCUT2D eigenvalue weighted by Gasteiger charge is 2.13. The molecule has 112 valence electrons. The maximum atomic E-state index is 11.7. The first-order chi connectivity index (χ1) is 10.4. The Balaban J connectivity index is 2.15. The van der Waals surface area contributed by atoms with E-state index in [0.29, 0.717) is 21.3 Å². The summed E-state index contributed by atoms with van der Waals surface area (Å²) in [5.41, 5.74) is 0.595. The van der Waals surface area contributed by atoms with Crippen molar-refractivity contribution in [2.24, 2.45) is 0 Å². The van der Waals surface area contributed by atoms with Gasteiger partial charge in [0, 0.05) is 12.5 Å². The molecule has 2 aromatic heterocycles. The van der Waals surface area contributed by atoms with Gasteiger partial charge in [0.2, 0.25) is 5.88 Å². The largest absolute Gasteiger partial charge is 0.435 e. The molecule has 1 aromatic carbocycles. The van der Waals surface area contributed by atoms with Crippen LogP contribution in [0.15, 0.2) is 52.4 Å². The molecule has 2 heterocycles. The van der Waals surface area contributed by atoms with Gasteiger partial charge in [-0.05, 0) is 46.3 Å². The number of benzene rings is 1. The zero-order valence-corrected chi connectivity index (χ0v) is 13.8. The van der Waals surface area contributed by atoms with Crippen LogP contribution >= 0.6 is 15.9 Å². The van der Waals surface area contributed by atoms with E-state index in [2.05, 4.69) is 30.9 Å². The number of rotatable bonds is 3. The normalized spacial score (nSPS) is 11.5. The van der Waals surface area contributed by atoms with Gasteiger partial charge >= 0.3 is 0 Å². The number of fused-ring (bicyclic) bond motifs is 1. The molecule has 3 aromatic rings. The van der Waals surface area contributed by atoms with Gasteiger partial charge in [-0.25, -0.2) is 23.4 Å². The smallest absolute Gasteiger partial charge is 0.230 e. The lowest BCUT2D eigenvalue weighted by molar-refractivity contribution is 0.462. The van der Waals surface area contributed by atoms with Crippen molar-refractivity contribution >= 4 is 36.7 Å². The number of hydrogen-bond donors (Lipinski definition) is 0. The maximum absolute atomic E-state index is 11.7. The number of pyridine rings is 1. The van der Waals surface area contributed by atoms with Gasteiger partial charge in [-0.1, -0.05) is 0 Å². The van der Waals surface area contributed by atoms with E-state index in [4.69, 9.17) is 4.74 Å². The average Bonchev–Trinajstić information content (AvgIpc) is 2.48. The molecule has 0 fully saturated rings. The second-order valence-electron chi connectivity index (χ2n) is 4.52. The molecule has 0 aliphatic rings. The first-order valence-electron chi connectivity index (χ1n) is 6.18. The fourth-order valence-corrected chi connectivity index (χ4v) is 2.85. The van der Waals surface area contributed by atoms with Crippen molar-refractivity contribution < 1.29 is 13.2 Å². The quantitative estimate of drug-likeness (QED) is 0.650. The fraction of sp³-hybridized carbons (Fsp3) is 0.0714. The van der Waals surface area contributed by atoms with E-state index in [-0.39, 0.29) is 10.8 Å². The monoisotopic (exact) mass is 379 g/mol. The van der Waals surface area contributed by atoms with Crippen LogP contribution in [0.1, 0.15) is 0 Å². The SMILES string of the molecule is CS(=O)(=O)c1ccc2ncnc(Oc3cccnc3Br)c2c1. The van der Waals surface area contributed by atoms with Gasteiger partial charge in [0.05, 0.1) is 15.8 Å². The molecule has 3 rings (SSSR count). The Morgan fingerprint density at radius 2 is 1.95 bits per heavy atom. The number of ether oxygens (including phenoxy) is 1. The molecular weight excluding hydrogens is 370 g/mol. The van der Waals surface area contributed by atoms with E-state index in [1.165, 1.54) is 18.5 Å². The number of sulfone groups is 1. The summed E-state index contributed by atoms with van der Waals surface area (Å²) in [5, 5.41) is 0.515. The summed E-state index contributed by atoms with van der Waals surface area (Å²) in [4.78, 5) is 12.5. The first-order valence-corrected chi connectivity index (χ1v) is 8.87. The highest BCUT2D eigenvalue weighted by atomic mass is 79.9. The first kappa shape index (κ1) is 14.9. The van der Waals surface area contributed by atoms with Crippen molar-refractivity contribution in [3.05, 3.63) is 47.5 Å². The van der Waals surface area contributed by atoms with E-state index in [1.807, 2.05) is 0 Å². The molecular formula is C14H10BrN3O3S. The van der Waals surface area contributed by atoms with Crippen LogP contribution in [-0.2, 0) is 9.84 Å². The Morgan fingerprint density at radius 3 is 2.68 bits per heavy atom. The third kappa shape index (κ3) is 2.93. The summed E-state index contributed by atoms with van der Waals surface area (Å²) in [5.74, 6) is 0.747. The minimum atomic E-state index is -3.32. The fourth-order valence-electron chi connectivity index (χ4n) is 1.88. The van der Waals surface area contributed by atoms with Crippen LogP contribution in [0.3, 0.4) is 0 Å². The predicted octanol–water partition coefficient (Wildman–Crippen LogP) is 2.98. The molecule has 0 bridgehead atoms. The number of hydrogen-bond acceptors (Lipinski definition) is 6. The van der Waals surface area contributed by atoms with Crippen LogP contribution in [0.4, 0.5) is 0 Å². The lowest BCUT2D eigenvalue weighted by Gasteiger charge is -2.09. The summed E-state index contributed by atoms with van der Waals surface area (Å²) in [6.07, 6.45) is 4.13. The lowest BCUT2D eigenvalue weighted by Crippen LogP contribution is -1.98. The molecule has 0 atom stereocenters. The average molecular weight is 380 g/mol. The van der Waals surface area contributed by atoms with Crippen LogP contribution in [0.25, 0.3) is 10.9 Å². The van der Waals surface area contributed by atoms with E-state index < -0.39 is 9.84 Å². The molecule has 0 aliphatic heterocycles. The number of aromatic nitrogens is 3. The van der Waals surface area contributed by atoms with Gasteiger partial charge in [-0.3, -0.25) is 0 Å². The summed E-state index contributed by atoms with van der Waals surface area (Å²) >= 11 is 3.29. The van der Waals surface area contributed by atoms with Gasteiger partial charge in [-0.15, -0.1) is 0 Å². The molecule has 0 N–H and O–H groups in total. The minimum absolute atomic E-state index is 0.185. The van der Waals surface area contributed by atoms with E-state index in [9.17, 15) is 8.42 Å². The van der Waals surface area contributed by atoms with Gasteiger partial charge in [-0.2, -0.15) is 0 Å². The predicted molar refractivity (Wildman–Crippen MR) is 84.7 cm³/mol. The molecule has 0 amide bonds. The summed E-state index contributed by atoms with van der Waals surface area (Å²) in [6.45, 7) is 0. The molecule has 0 radical (unpaired) electrons. The van der Waals surface area contributed by atoms with Crippen LogP contribution < -0.4 is 4.74 Å². The van der Waals surface area contributed by atoms with Crippen LogP contribution in [0.5, 0.6) is 11.6 Å². The summed E-state index contributed by atoms with van der Waals surface area (Å²) in [7, 11) is -3.32. The van der Waals surface area contributed by atoms with Crippen molar-refractivity contribution in [2.45, 2.75) is 4.90 Å². The second kappa shape index (κ2) is 5.62. The van der Waals surface area contributed by atoms with Crippen LogP contribution in [0.2, 0.25) is 0 Å². The number of halogens is 1. The third-order valence-corrected chi connectivity index (χ3v) is 4.64. The van der Waals surface area contributed by atoms with Crippen LogP contribution in [-0.4, -0.2) is 29.6 Å². The molecule has 8 heteroatoms. The molecule has 6 nitrogen and oxygen atoms in total. The van der Waals surface area contributed by atoms with Gasteiger partial charge in [0.25, 0.3) is 0 Å². The number of nitrogens with zero attached hydrogens (tertiary/aromatic N) is 3. The van der Waals surface area contributed by atoms with Crippen molar-refractivity contribution in [1.82, 2.24) is 15.0 Å². The minimum Gasteiger partial charge on any atom is -0.435 e. The lowest BCUT2D eigenvalue weighted by atomic mass is 10.2. The highest BCUT2D eigenvalue weighted by molar-refractivity contribution is 9.10. The molecule has 0 unspecified atom stereocenters. The van der Waals surface area contributed by atoms with Gasteiger partial charge < -0.3 is 4.74 Å². The molecule has 0 saturated carbocycles. The Morgan fingerprint density at radius 1 is 1.14 bits per heavy atom. The van der Waals surface area contributed by atoms with Crippen LogP contribution in [0, 0.1) is 0 Å². The highest BCUT2D eigenvalue weighted by Crippen LogP contribution is 2.31. The zero-order valence-electron chi connectivity index (χ0n) is 11.4.